The van der Waals surface area contributed by atoms with E-state index >= 15 is 0 Å². The average Bonchev–Trinajstić information content (AvgIpc) is 3.39. The van der Waals surface area contributed by atoms with E-state index in [1.54, 1.807) is 26.0 Å². The Hall–Kier alpha value is -1.74. The molecule has 3 rings (SSSR count). The highest BCUT2D eigenvalue weighted by Crippen LogP contribution is 2.41. The van der Waals surface area contributed by atoms with E-state index in [0.29, 0.717) is 29.7 Å². The van der Waals surface area contributed by atoms with Crippen molar-refractivity contribution in [3.05, 3.63) is 28.0 Å². The van der Waals surface area contributed by atoms with Gasteiger partial charge < -0.3 is 19.8 Å². The number of rotatable bonds is 9. The maximum absolute atomic E-state index is 11.2. The van der Waals surface area contributed by atoms with E-state index in [2.05, 4.69) is 26.1 Å². The molecule has 1 aromatic heterocycles. The largest absolute Gasteiger partial charge is 0.493 e. The van der Waals surface area contributed by atoms with Crippen molar-refractivity contribution in [3.8, 4) is 11.5 Å². The highest BCUT2D eigenvalue weighted by Gasteiger charge is 2.30. The van der Waals surface area contributed by atoms with Gasteiger partial charge in [-0.05, 0) is 30.5 Å². The normalized spacial score (nSPS) is 13.7. The monoisotopic (exact) mass is 440 g/mol. The molecule has 1 aliphatic carbocycles. The van der Waals surface area contributed by atoms with Gasteiger partial charge in [-0.2, -0.15) is 0 Å². The lowest BCUT2D eigenvalue weighted by Gasteiger charge is -2.12. The van der Waals surface area contributed by atoms with Crippen molar-refractivity contribution in [3.63, 3.8) is 0 Å². The van der Waals surface area contributed by atoms with Crippen LogP contribution in [0, 0.1) is 0 Å². The van der Waals surface area contributed by atoms with E-state index in [0.717, 1.165) is 33.9 Å². The van der Waals surface area contributed by atoms with E-state index in [1.165, 1.54) is 0 Å². The fourth-order valence-corrected chi connectivity index (χ4v) is 4.24. The Kier molecular flexibility index (Phi) is 6.08. The molecule has 7 nitrogen and oxygen atoms in total. The zero-order valence-electron chi connectivity index (χ0n) is 14.7. The van der Waals surface area contributed by atoms with E-state index < -0.39 is 0 Å². The van der Waals surface area contributed by atoms with Gasteiger partial charge in [0.25, 0.3) is 0 Å². The Morgan fingerprint density at radius 1 is 1.31 bits per heavy atom. The quantitative estimate of drug-likeness (QED) is 0.602. The van der Waals surface area contributed by atoms with Crippen molar-refractivity contribution in [2.45, 2.75) is 42.6 Å². The Labute approximate surface area is 164 Å². The fraction of sp³-hybridized carbons (Fsp3) is 0.471. The molecule has 26 heavy (non-hydrogen) atoms. The van der Waals surface area contributed by atoms with Crippen LogP contribution in [0.15, 0.2) is 21.8 Å². The van der Waals surface area contributed by atoms with E-state index in [1.807, 2.05) is 16.7 Å². The highest BCUT2D eigenvalue weighted by atomic mass is 79.9. The summed E-state index contributed by atoms with van der Waals surface area (Å²) in [5.74, 6) is 3.13. The number of hydrogen-bond acceptors (Lipinski definition) is 6. The van der Waals surface area contributed by atoms with Crippen molar-refractivity contribution < 1.29 is 14.3 Å². The molecule has 0 spiro atoms. The zero-order valence-corrected chi connectivity index (χ0v) is 17.1. The Morgan fingerprint density at radius 2 is 2.00 bits per heavy atom. The van der Waals surface area contributed by atoms with Crippen LogP contribution in [0.25, 0.3) is 0 Å². The average molecular weight is 441 g/mol. The van der Waals surface area contributed by atoms with Crippen LogP contribution in [0.2, 0.25) is 0 Å². The lowest BCUT2D eigenvalue weighted by Crippen LogP contribution is -2.15. The number of halogens is 1. The van der Waals surface area contributed by atoms with E-state index in [9.17, 15) is 4.79 Å². The van der Waals surface area contributed by atoms with Gasteiger partial charge in [-0.15, -0.1) is 10.2 Å². The summed E-state index contributed by atoms with van der Waals surface area (Å²) < 4.78 is 13.7. The van der Waals surface area contributed by atoms with E-state index in [4.69, 9.17) is 15.2 Å². The molecular formula is C17H21BrN4O3S. The number of hydrogen-bond donors (Lipinski definition) is 1. The number of primary amides is 1. The molecule has 0 aliphatic heterocycles. The number of carbonyl (C=O) groups excluding carboxylic acids is 1. The first kappa shape index (κ1) is 19.0. The van der Waals surface area contributed by atoms with Gasteiger partial charge in [-0.1, -0.05) is 27.7 Å². The molecule has 0 saturated heterocycles. The first-order valence-corrected chi connectivity index (χ1v) is 10.1. The van der Waals surface area contributed by atoms with E-state index in [-0.39, 0.29) is 12.3 Å². The summed E-state index contributed by atoms with van der Waals surface area (Å²) in [6.45, 7) is 0.517. The highest BCUT2D eigenvalue weighted by molar-refractivity contribution is 9.10. The van der Waals surface area contributed by atoms with Gasteiger partial charge in [-0.3, -0.25) is 4.79 Å². The molecule has 2 N–H and O–H groups in total. The summed E-state index contributed by atoms with van der Waals surface area (Å²) in [6.07, 6.45) is 2.53. The molecule has 1 aromatic carbocycles. The van der Waals surface area contributed by atoms with Crippen molar-refractivity contribution >= 4 is 33.6 Å². The van der Waals surface area contributed by atoms with Crippen LogP contribution in [0.1, 0.15) is 36.6 Å². The fourth-order valence-electron chi connectivity index (χ4n) is 2.63. The van der Waals surface area contributed by atoms with Gasteiger partial charge in [0.15, 0.2) is 16.7 Å². The zero-order chi connectivity index (χ0) is 18.7. The van der Waals surface area contributed by atoms with Gasteiger partial charge in [0.05, 0.1) is 14.2 Å². The first-order valence-electron chi connectivity index (χ1n) is 8.28. The summed E-state index contributed by atoms with van der Waals surface area (Å²) in [7, 11) is 3.23. The van der Waals surface area contributed by atoms with Crippen LogP contribution < -0.4 is 15.2 Å². The van der Waals surface area contributed by atoms with Crippen LogP contribution in [-0.4, -0.2) is 34.9 Å². The SMILES string of the molecule is COc1cc(Br)c(CSc2nnc(C3CC3)n2CCC(N)=O)cc1OC. The van der Waals surface area contributed by atoms with Gasteiger partial charge in [-0.25, -0.2) is 0 Å². The molecule has 2 aromatic rings. The summed E-state index contributed by atoms with van der Waals surface area (Å²) in [5.41, 5.74) is 6.37. The van der Waals surface area contributed by atoms with Gasteiger partial charge in [0.1, 0.15) is 5.82 Å². The van der Waals surface area contributed by atoms with Crippen LogP contribution in [0.4, 0.5) is 0 Å². The third kappa shape index (κ3) is 4.32. The molecule has 1 heterocycles. The minimum atomic E-state index is -0.320. The minimum Gasteiger partial charge on any atom is -0.493 e. The van der Waals surface area contributed by atoms with Crippen LogP contribution in [0.5, 0.6) is 11.5 Å². The smallest absolute Gasteiger partial charge is 0.219 e. The Bertz CT molecular complexity index is 808. The second-order valence-electron chi connectivity index (χ2n) is 6.07. The minimum absolute atomic E-state index is 0.283. The van der Waals surface area contributed by atoms with Gasteiger partial charge >= 0.3 is 0 Å². The first-order chi connectivity index (χ1) is 12.5. The molecule has 1 fully saturated rings. The topological polar surface area (TPSA) is 92.3 Å². The molecule has 0 bridgehead atoms. The summed E-state index contributed by atoms with van der Waals surface area (Å²) in [4.78, 5) is 11.2. The molecular weight excluding hydrogens is 420 g/mol. The summed E-state index contributed by atoms with van der Waals surface area (Å²) >= 11 is 5.15. The number of amides is 1. The molecule has 0 unspecified atom stereocenters. The standard InChI is InChI=1S/C17H21BrN4O3S/c1-24-13-7-11(12(18)8-14(13)25-2)9-26-17-21-20-16(10-3-4-10)22(17)6-5-15(19)23/h7-8,10H,3-6,9H2,1-2H3,(H2,19,23). The number of benzene rings is 1. The molecule has 1 aliphatic rings. The third-order valence-electron chi connectivity index (χ3n) is 4.18. The maximum Gasteiger partial charge on any atom is 0.219 e. The number of nitrogens with two attached hydrogens (primary N) is 1. The van der Waals surface area contributed by atoms with Crippen molar-refractivity contribution in [1.29, 1.82) is 0 Å². The number of aromatic nitrogens is 3. The third-order valence-corrected chi connectivity index (χ3v) is 5.93. The summed E-state index contributed by atoms with van der Waals surface area (Å²) in [6, 6.07) is 3.84. The predicted octanol–water partition coefficient (Wildman–Crippen LogP) is 3.10. The number of ether oxygens (including phenoxy) is 2. The Morgan fingerprint density at radius 3 is 2.62 bits per heavy atom. The summed E-state index contributed by atoms with van der Waals surface area (Å²) in [5, 5.41) is 9.47. The lowest BCUT2D eigenvalue weighted by molar-refractivity contribution is -0.118. The molecule has 0 atom stereocenters. The van der Waals surface area contributed by atoms with Crippen molar-refractivity contribution in [2.75, 3.05) is 14.2 Å². The number of thioether (sulfide) groups is 1. The maximum atomic E-state index is 11.2. The van der Waals surface area contributed by atoms with Crippen molar-refractivity contribution in [1.82, 2.24) is 14.8 Å². The molecule has 1 saturated carbocycles. The van der Waals surface area contributed by atoms with Gasteiger partial charge in [0, 0.05) is 29.1 Å². The predicted molar refractivity (Wildman–Crippen MR) is 103 cm³/mol. The van der Waals surface area contributed by atoms with Crippen LogP contribution >= 0.6 is 27.7 Å². The molecule has 9 heteroatoms. The second kappa shape index (κ2) is 8.30. The molecule has 0 radical (unpaired) electrons. The van der Waals surface area contributed by atoms with Crippen LogP contribution in [-0.2, 0) is 17.1 Å². The molecule has 140 valence electrons. The van der Waals surface area contributed by atoms with Crippen LogP contribution in [0.3, 0.4) is 0 Å². The second-order valence-corrected chi connectivity index (χ2v) is 7.87. The van der Waals surface area contributed by atoms with Gasteiger partial charge in [0.2, 0.25) is 5.91 Å². The molecule has 1 amide bonds. The lowest BCUT2D eigenvalue weighted by atomic mass is 10.2. The van der Waals surface area contributed by atoms with Crippen molar-refractivity contribution in [2.24, 2.45) is 5.73 Å². The Balaban J connectivity index is 1.78. The number of methoxy groups -OCH3 is 2. The number of carbonyl (C=O) groups is 1. The number of nitrogens with zero attached hydrogens (tertiary/aromatic N) is 3.